The van der Waals surface area contributed by atoms with E-state index in [9.17, 15) is 14.7 Å². The zero-order valence-electron chi connectivity index (χ0n) is 11.3. The van der Waals surface area contributed by atoms with E-state index in [1.807, 2.05) is 30.3 Å². The van der Waals surface area contributed by atoms with Crippen molar-refractivity contribution >= 4 is 17.6 Å². The fraction of sp³-hybridized carbons (Fsp3) is 0.125. The van der Waals surface area contributed by atoms with E-state index >= 15 is 0 Å². The number of aliphatic carboxylic acids is 1. The summed E-state index contributed by atoms with van der Waals surface area (Å²) in [6.45, 7) is 0. The van der Waals surface area contributed by atoms with Gasteiger partial charge in [0.05, 0.1) is 0 Å². The normalized spacial score (nSPS) is 11.6. The molecule has 5 nitrogen and oxygen atoms in total. The predicted octanol–water partition coefficient (Wildman–Crippen LogP) is 1.69. The van der Waals surface area contributed by atoms with Gasteiger partial charge in [-0.2, -0.15) is 0 Å². The Balaban J connectivity index is 2.10. The van der Waals surface area contributed by atoms with Crippen LogP contribution in [0.2, 0.25) is 0 Å². The van der Waals surface area contributed by atoms with E-state index in [1.165, 1.54) is 6.07 Å². The predicted molar refractivity (Wildman–Crippen MR) is 79.9 cm³/mol. The van der Waals surface area contributed by atoms with Crippen LogP contribution in [0.25, 0.3) is 0 Å². The fourth-order valence-corrected chi connectivity index (χ4v) is 1.97. The van der Waals surface area contributed by atoms with Gasteiger partial charge < -0.3 is 16.2 Å². The lowest BCUT2D eigenvalue weighted by atomic mass is 10.1. The summed E-state index contributed by atoms with van der Waals surface area (Å²) in [6, 6.07) is 14.6. The molecule has 2 aromatic rings. The van der Waals surface area contributed by atoms with E-state index in [4.69, 9.17) is 5.73 Å². The molecule has 0 bridgehead atoms. The lowest BCUT2D eigenvalue weighted by molar-refractivity contribution is -0.139. The standard InChI is InChI=1S/C16H16N2O3/c17-13-8-4-7-12(10-13)15(19)18-14(16(20)21)9-11-5-2-1-3-6-11/h1-8,10,14H,9,17H2,(H,18,19)(H,20,21). The molecule has 0 radical (unpaired) electrons. The van der Waals surface area contributed by atoms with Crippen molar-refractivity contribution in [2.45, 2.75) is 12.5 Å². The Morgan fingerprint density at radius 1 is 1.10 bits per heavy atom. The van der Waals surface area contributed by atoms with Gasteiger partial charge in [0.15, 0.2) is 0 Å². The number of nitrogens with one attached hydrogen (secondary N) is 1. The van der Waals surface area contributed by atoms with Crippen LogP contribution in [0.3, 0.4) is 0 Å². The minimum absolute atomic E-state index is 0.226. The summed E-state index contributed by atoms with van der Waals surface area (Å²) < 4.78 is 0. The minimum atomic E-state index is -1.07. The van der Waals surface area contributed by atoms with Crippen molar-refractivity contribution < 1.29 is 14.7 Å². The van der Waals surface area contributed by atoms with Crippen LogP contribution in [0.4, 0.5) is 5.69 Å². The zero-order valence-corrected chi connectivity index (χ0v) is 11.3. The highest BCUT2D eigenvalue weighted by atomic mass is 16.4. The smallest absolute Gasteiger partial charge is 0.326 e. The number of nitrogens with two attached hydrogens (primary N) is 1. The molecule has 2 aromatic carbocycles. The summed E-state index contributed by atoms with van der Waals surface area (Å²) in [5.74, 6) is -1.53. The van der Waals surface area contributed by atoms with Crippen LogP contribution in [0.5, 0.6) is 0 Å². The number of carboxylic acids is 1. The molecule has 1 unspecified atom stereocenters. The number of nitrogen functional groups attached to an aromatic ring is 1. The number of amides is 1. The van der Waals surface area contributed by atoms with Crippen LogP contribution < -0.4 is 11.1 Å². The molecule has 0 spiro atoms. The average Bonchev–Trinajstić information content (AvgIpc) is 2.47. The van der Waals surface area contributed by atoms with Gasteiger partial charge in [-0.25, -0.2) is 4.79 Å². The number of anilines is 1. The molecule has 0 aromatic heterocycles. The number of carbonyl (C=O) groups excluding carboxylic acids is 1. The molecule has 0 saturated heterocycles. The second kappa shape index (κ2) is 6.56. The number of hydrogen-bond acceptors (Lipinski definition) is 3. The maximum atomic E-state index is 12.1. The van der Waals surface area contributed by atoms with Crippen LogP contribution in [0.1, 0.15) is 15.9 Å². The van der Waals surface area contributed by atoms with Crippen LogP contribution in [0.15, 0.2) is 54.6 Å². The number of hydrogen-bond donors (Lipinski definition) is 3. The van der Waals surface area contributed by atoms with Crippen molar-refractivity contribution in [1.82, 2.24) is 5.32 Å². The molecule has 0 aliphatic rings. The highest BCUT2D eigenvalue weighted by Crippen LogP contribution is 2.08. The molecular formula is C16H16N2O3. The second-order valence-electron chi connectivity index (χ2n) is 4.68. The largest absolute Gasteiger partial charge is 0.480 e. The highest BCUT2D eigenvalue weighted by molar-refractivity contribution is 5.97. The lowest BCUT2D eigenvalue weighted by Gasteiger charge is -2.15. The highest BCUT2D eigenvalue weighted by Gasteiger charge is 2.21. The van der Waals surface area contributed by atoms with E-state index in [0.717, 1.165) is 5.56 Å². The molecule has 0 fully saturated rings. The minimum Gasteiger partial charge on any atom is -0.480 e. The van der Waals surface area contributed by atoms with Gasteiger partial charge >= 0.3 is 5.97 Å². The number of benzene rings is 2. The van der Waals surface area contributed by atoms with E-state index in [0.29, 0.717) is 11.3 Å². The van der Waals surface area contributed by atoms with Crippen molar-refractivity contribution in [3.05, 3.63) is 65.7 Å². The number of carboxylic acid groups (broad SMARTS) is 1. The van der Waals surface area contributed by atoms with Crippen LogP contribution in [-0.2, 0) is 11.2 Å². The molecule has 0 heterocycles. The van der Waals surface area contributed by atoms with Gasteiger partial charge in [-0.3, -0.25) is 4.79 Å². The second-order valence-corrected chi connectivity index (χ2v) is 4.68. The van der Waals surface area contributed by atoms with E-state index in [1.54, 1.807) is 18.2 Å². The van der Waals surface area contributed by atoms with Gasteiger partial charge in [0.1, 0.15) is 6.04 Å². The summed E-state index contributed by atoms with van der Waals surface area (Å²) in [4.78, 5) is 23.4. The molecule has 108 valence electrons. The van der Waals surface area contributed by atoms with Crippen molar-refractivity contribution in [3.8, 4) is 0 Å². The molecule has 5 heteroatoms. The van der Waals surface area contributed by atoms with Gasteiger partial charge in [0.25, 0.3) is 5.91 Å². The van der Waals surface area contributed by atoms with Crippen LogP contribution >= 0.6 is 0 Å². The number of rotatable bonds is 5. The van der Waals surface area contributed by atoms with Gasteiger partial charge in [0.2, 0.25) is 0 Å². The lowest BCUT2D eigenvalue weighted by Crippen LogP contribution is -2.42. The van der Waals surface area contributed by atoms with Crippen molar-refractivity contribution in [3.63, 3.8) is 0 Å². The third kappa shape index (κ3) is 4.07. The Morgan fingerprint density at radius 3 is 2.43 bits per heavy atom. The molecule has 21 heavy (non-hydrogen) atoms. The van der Waals surface area contributed by atoms with E-state index < -0.39 is 17.9 Å². The van der Waals surface area contributed by atoms with Crippen molar-refractivity contribution in [2.75, 3.05) is 5.73 Å². The molecule has 1 amide bonds. The first-order valence-corrected chi connectivity index (χ1v) is 6.49. The van der Waals surface area contributed by atoms with Gasteiger partial charge in [0, 0.05) is 17.7 Å². The summed E-state index contributed by atoms with van der Waals surface area (Å²) in [6.07, 6.45) is 0.226. The summed E-state index contributed by atoms with van der Waals surface area (Å²) >= 11 is 0. The zero-order chi connectivity index (χ0) is 15.2. The number of carbonyl (C=O) groups is 2. The monoisotopic (exact) mass is 284 g/mol. The molecule has 0 aliphatic carbocycles. The summed E-state index contributed by atoms with van der Waals surface area (Å²) in [5.41, 5.74) is 7.26. The van der Waals surface area contributed by atoms with Crippen LogP contribution in [-0.4, -0.2) is 23.0 Å². The van der Waals surface area contributed by atoms with Crippen molar-refractivity contribution in [1.29, 1.82) is 0 Å². The topological polar surface area (TPSA) is 92.4 Å². The summed E-state index contributed by atoms with van der Waals surface area (Å²) in [5, 5.41) is 11.8. The molecule has 1 atom stereocenters. The Bertz CT molecular complexity index is 641. The molecule has 4 N–H and O–H groups in total. The SMILES string of the molecule is Nc1cccc(C(=O)NC(Cc2ccccc2)C(=O)O)c1. The Morgan fingerprint density at radius 2 is 1.81 bits per heavy atom. The average molecular weight is 284 g/mol. The quantitative estimate of drug-likeness (QED) is 0.728. The Labute approximate surface area is 122 Å². The maximum Gasteiger partial charge on any atom is 0.326 e. The third-order valence-corrected chi connectivity index (χ3v) is 3.03. The molecular weight excluding hydrogens is 268 g/mol. The fourth-order valence-electron chi connectivity index (χ4n) is 1.97. The maximum absolute atomic E-state index is 12.1. The first-order valence-electron chi connectivity index (χ1n) is 6.49. The Kier molecular flexibility index (Phi) is 4.56. The van der Waals surface area contributed by atoms with Gasteiger partial charge in [-0.15, -0.1) is 0 Å². The van der Waals surface area contributed by atoms with E-state index in [-0.39, 0.29) is 6.42 Å². The summed E-state index contributed by atoms with van der Waals surface area (Å²) in [7, 11) is 0. The molecule has 0 aliphatic heterocycles. The van der Waals surface area contributed by atoms with E-state index in [2.05, 4.69) is 5.32 Å². The van der Waals surface area contributed by atoms with Crippen LogP contribution in [0, 0.1) is 0 Å². The third-order valence-electron chi connectivity index (χ3n) is 3.03. The molecule has 2 rings (SSSR count). The Hall–Kier alpha value is -2.82. The molecule has 0 saturated carbocycles. The first-order chi connectivity index (χ1) is 10.1. The van der Waals surface area contributed by atoms with Crippen molar-refractivity contribution in [2.24, 2.45) is 0 Å². The first kappa shape index (κ1) is 14.6. The van der Waals surface area contributed by atoms with Gasteiger partial charge in [-0.1, -0.05) is 36.4 Å². The van der Waals surface area contributed by atoms with Gasteiger partial charge in [-0.05, 0) is 23.8 Å².